The summed E-state index contributed by atoms with van der Waals surface area (Å²) in [5, 5.41) is 18.6. The summed E-state index contributed by atoms with van der Waals surface area (Å²) < 4.78 is 2.13. The zero-order chi connectivity index (χ0) is 18.2. The third kappa shape index (κ3) is 3.52. The molecule has 0 aliphatic carbocycles. The number of carbonyl (C=O) groups excluding carboxylic acids is 1. The van der Waals surface area contributed by atoms with Gasteiger partial charge in [-0.05, 0) is 11.5 Å². The molecule has 0 aromatic carbocycles. The van der Waals surface area contributed by atoms with Crippen LogP contribution in [0, 0.1) is 0 Å². The highest BCUT2D eigenvalue weighted by molar-refractivity contribution is 5.74. The molecule has 0 spiro atoms. The van der Waals surface area contributed by atoms with Crippen LogP contribution in [0.25, 0.3) is 0 Å². The molecule has 2 aromatic rings. The molecule has 136 valence electrons. The largest absolute Gasteiger partial charge is 0.332 e. The predicted molar refractivity (Wildman–Crippen MR) is 94.0 cm³/mol. The maximum absolute atomic E-state index is 12.5. The number of aromatic nitrogens is 5. The zero-order valence-corrected chi connectivity index (χ0v) is 15.6. The number of nitrogens with zero attached hydrogens (tertiary/aromatic N) is 5. The molecule has 0 fully saturated rings. The van der Waals surface area contributed by atoms with Crippen LogP contribution in [0.2, 0.25) is 0 Å². The maximum atomic E-state index is 12.5. The summed E-state index contributed by atoms with van der Waals surface area (Å²) in [6.45, 7) is 12.9. The third-order valence-electron chi connectivity index (χ3n) is 4.50. The molecule has 2 amide bonds. The molecule has 25 heavy (non-hydrogen) atoms. The fraction of sp³-hybridized carbons (Fsp3) is 0.647. The summed E-state index contributed by atoms with van der Waals surface area (Å²) in [5.41, 5.74) is 2.04. The highest BCUT2D eigenvalue weighted by Gasteiger charge is 2.29. The molecule has 0 saturated carbocycles. The number of hydrogen-bond acceptors (Lipinski definition) is 4. The molecule has 0 unspecified atom stereocenters. The second-order valence-electron chi connectivity index (χ2n) is 7.88. The summed E-state index contributed by atoms with van der Waals surface area (Å²) in [4.78, 5) is 14.3. The summed E-state index contributed by atoms with van der Waals surface area (Å²) >= 11 is 0. The second-order valence-corrected chi connectivity index (χ2v) is 7.88. The molecular weight excluding hydrogens is 318 g/mol. The number of nitrogens with one attached hydrogen (secondary N) is 2. The Balaban J connectivity index is 1.63. The zero-order valence-electron chi connectivity index (χ0n) is 15.6. The number of aromatic amines is 1. The van der Waals surface area contributed by atoms with Gasteiger partial charge in [-0.15, -0.1) is 10.2 Å². The molecule has 8 heteroatoms. The van der Waals surface area contributed by atoms with Gasteiger partial charge >= 0.3 is 6.03 Å². The lowest BCUT2D eigenvalue weighted by atomic mass is 9.95. The average Bonchev–Trinajstić information content (AvgIpc) is 3.17. The van der Waals surface area contributed by atoms with E-state index < -0.39 is 0 Å². The summed E-state index contributed by atoms with van der Waals surface area (Å²) in [6, 6.07) is -0.0872. The number of carbonyl (C=O) groups is 1. The number of amides is 2. The van der Waals surface area contributed by atoms with Gasteiger partial charge in [-0.25, -0.2) is 4.79 Å². The van der Waals surface area contributed by atoms with Crippen molar-refractivity contribution in [3.63, 3.8) is 0 Å². The van der Waals surface area contributed by atoms with Crippen LogP contribution in [-0.4, -0.2) is 42.4 Å². The van der Waals surface area contributed by atoms with Gasteiger partial charge in [-0.2, -0.15) is 5.10 Å². The van der Waals surface area contributed by atoms with Crippen LogP contribution in [0.4, 0.5) is 4.79 Å². The van der Waals surface area contributed by atoms with E-state index in [1.807, 2.05) is 6.20 Å². The minimum atomic E-state index is -0.0872. The monoisotopic (exact) mass is 345 g/mol. The molecule has 0 radical (unpaired) electrons. The molecule has 3 heterocycles. The first-order valence-corrected chi connectivity index (χ1v) is 8.75. The standard InChI is InChI=1S/C17H27N7O/c1-11(2)12-8-19-20-13(12)9-18-16(25)23-6-7-24-14(10-23)21-22-15(24)17(3,4)5/h8,11H,6-7,9-10H2,1-5H3,(H,18,25)(H,19,20). The van der Waals surface area contributed by atoms with Crippen LogP contribution in [0.15, 0.2) is 6.20 Å². The molecule has 0 bridgehead atoms. The van der Waals surface area contributed by atoms with Crippen molar-refractivity contribution in [3.05, 3.63) is 29.1 Å². The predicted octanol–water partition coefficient (Wildman–Crippen LogP) is 2.15. The van der Waals surface area contributed by atoms with Crippen LogP contribution in [0.3, 0.4) is 0 Å². The van der Waals surface area contributed by atoms with Crippen molar-refractivity contribution in [2.24, 2.45) is 0 Å². The SMILES string of the molecule is CC(C)c1cn[nH]c1CNC(=O)N1CCn2c(nnc2C(C)(C)C)C1. The first-order chi connectivity index (χ1) is 11.8. The fourth-order valence-electron chi connectivity index (χ4n) is 3.12. The van der Waals surface area contributed by atoms with E-state index in [-0.39, 0.29) is 11.4 Å². The van der Waals surface area contributed by atoms with E-state index in [0.717, 1.165) is 29.5 Å². The van der Waals surface area contributed by atoms with Gasteiger partial charge in [0.25, 0.3) is 0 Å². The number of rotatable bonds is 3. The fourth-order valence-corrected chi connectivity index (χ4v) is 3.12. The second kappa shape index (κ2) is 6.50. The van der Waals surface area contributed by atoms with E-state index in [1.165, 1.54) is 0 Å². The quantitative estimate of drug-likeness (QED) is 0.891. The Morgan fingerprint density at radius 1 is 1.32 bits per heavy atom. The van der Waals surface area contributed by atoms with E-state index >= 15 is 0 Å². The maximum Gasteiger partial charge on any atom is 0.318 e. The highest BCUT2D eigenvalue weighted by Crippen LogP contribution is 2.23. The minimum absolute atomic E-state index is 0.0520. The molecule has 8 nitrogen and oxygen atoms in total. The van der Waals surface area contributed by atoms with Crippen molar-refractivity contribution >= 4 is 6.03 Å². The molecule has 3 rings (SSSR count). The van der Waals surface area contributed by atoms with Crippen LogP contribution < -0.4 is 5.32 Å². The summed E-state index contributed by atoms with van der Waals surface area (Å²) in [6.07, 6.45) is 1.82. The van der Waals surface area contributed by atoms with Crippen LogP contribution in [0.1, 0.15) is 63.4 Å². The Hall–Kier alpha value is -2.38. The van der Waals surface area contributed by atoms with Gasteiger partial charge < -0.3 is 14.8 Å². The van der Waals surface area contributed by atoms with Gasteiger partial charge in [0, 0.05) is 18.5 Å². The molecule has 1 aliphatic heterocycles. The lowest BCUT2D eigenvalue weighted by Crippen LogP contribution is -2.44. The van der Waals surface area contributed by atoms with Crippen molar-refractivity contribution in [2.75, 3.05) is 6.54 Å². The summed E-state index contributed by atoms with van der Waals surface area (Å²) in [5.74, 6) is 2.19. The van der Waals surface area contributed by atoms with E-state index in [2.05, 4.69) is 64.9 Å². The molecular formula is C17H27N7O. The number of urea groups is 1. The van der Waals surface area contributed by atoms with Crippen molar-refractivity contribution < 1.29 is 4.79 Å². The third-order valence-corrected chi connectivity index (χ3v) is 4.50. The Morgan fingerprint density at radius 3 is 2.76 bits per heavy atom. The minimum Gasteiger partial charge on any atom is -0.332 e. The van der Waals surface area contributed by atoms with Crippen molar-refractivity contribution in [1.29, 1.82) is 0 Å². The smallest absolute Gasteiger partial charge is 0.318 e. The Morgan fingerprint density at radius 2 is 2.08 bits per heavy atom. The molecule has 2 N–H and O–H groups in total. The van der Waals surface area contributed by atoms with Gasteiger partial charge in [0.05, 0.1) is 25.0 Å². The Labute approximate surface area is 148 Å². The van der Waals surface area contributed by atoms with Crippen molar-refractivity contribution in [2.45, 2.75) is 65.6 Å². The normalized spacial score (nSPS) is 14.7. The van der Waals surface area contributed by atoms with Crippen molar-refractivity contribution in [3.8, 4) is 0 Å². The summed E-state index contributed by atoms with van der Waals surface area (Å²) in [7, 11) is 0. The van der Waals surface area contributed by atoms with Gasteiger partial charge in [-0.1, -0.05) is 34.6 Å². The van der Waals surface area contributed by atoms with E-state index in [4.69, 9.17) is 0 Å². The van der Waals surface area contributed by atoms with Gasteiger partial charge in [0.1, 0.15) is 5.82 Å². The van der Waals surface area contributed by atoms with Gasteiger partial charge in [0.15, 0.2) is 5.82 Å². The van der Waals surface area contributed by atoms with Crippen LogP contribution in [0.5, 0.6) is 0 Å². The topological polar surface area (TPSA) is 91.7 Å². The van der Waals surface area contributed by atoms with E-state index in [1.54, 1.807) is 4.90 Å². The van der Waals surface area contributed by atoms with Crippen LogP contribution >= 0.6 is 0 Å². The van der Waals surface area contributed by atoms with Crippen LogP contribution in [-0.2, 0) is 25.0 Å². The number of hydrogen-bond donors (Lipinski definition) is 2. The first kappa shape index (κ1) is 17.4. The van der Waals surface area contributed by atoms with Crippen molar-refractivity contribution in [1.82, 2.24) is 35.2 Å². The molecule has 2 aromatic heterocycles. The van der Waals surface area contributed by atoms with Gasteiger partial charge in [0.2, 0.25) is 0 Å². The van der Waals surface area contributed by atoms with E-state index in [0.29, 0.717) is 25.6 Å². The number of H-pyrrole nitrogens is 1. The lowest BCUT2D eigenvalue weighted by molar-refractivity contribution is 0.180. The highest BCUT2D eigenvalue weighted by atomic mass is 16.2. The molecule has 0 atom stereocenters. The average molecular weight is 345 g/mol. The lowest BCUT2D eigenvalue weighted by Gasteiger charge is -2.29. The molecule has 1 aliphatic rings. The first-order valence-electron chi connectivity index (χ1n) is 8.75. The number of fused-ring (bicyclic) bond motifs is 1. The Kier molecular flexibility index (Phi) is 4.53. The van der Waals surface area contributed by atoms with Gasteiger partial charge in [-0.3, -0.25) is 5.10 Å². The van der Waals surface area contributed by atoms with E-state index in [9.17, 15) is 4.79 Å². The molecule has 0 saturated heterocycles. The Bertz CT molecular complexity index is 753.